The standard InChI is InChI=1S/C45H18B11N3O/c46-30-26(25-31(47)38(54)40(56)39(55)32(25)48)36(52)41-27(33(30)49)28-34(50)35(51)29(37(53)42(28)60-41)45-58-43(22-16-14-21(15-17-22)19-8-3-1-4-9-19)57-44(59-45)24-13-7-12-23(18-24)20-10-5-2-6-11-20/h1-18H. The van der Waals surface area contributed by atoms with Gasteiger partial charge in [0.15, 0.2) is 17.5 Å². The van der Waals surface area contributed by atoms with E-state index in [2.05, 4.69) is 0 Å². The van der Waals surface area contributed by atoms with Crippen molar-refractivity contribution in [3.05, 3.63) is 109 Å². The van der Waals surface area contributed by atoms with E-state index in [4.69, 9.17) is 106 Å². The number of aromatic nitrogens is 3. The Kier molecular flexibility index (Phi) is 10.1. The summed E-state index contributed by atoms with van der Waals surface area (Å²) in [6.07, 6.45) is 0. The molecule has 0 aliphatic heterocycles. The van der Waals surface area contributed by atoms with Gasteiger partial charge >= 0.3 is 0 Å². The monoisotopic (exact) mass is 737 g/mol. The highest BCUT2D eigenvalue weighted by Gasteiger charge is 2.26. The van der Waals surface area contributed by atoms with E-state index in [1.807, 2.05) is 109 Å². The van der Waals surface area contributed by atoms with Crippen molar-refractivity contribution in [1.82, 2.24) is 15.0 Å². The van der Waals surface area contributed by atoms with Crippen LogP contribution < -0.4 is 60.1 Å². The Morgan fingerprint density at radius 3 is 1.22 bits per heavy atom. The average Bonchev–Trinajstić information content (AvgIpc) is 3.70. The van der Waals surface area contributed by atoms with Gasteiger partial charge in [0.05, 0.1) is 0 Å². The summed E-state index contributed by atoms with van der Waals surface area (Å²) >= 11 is 0. The summed E-state index contributed by atoms with van der Waals surface area (Å²) < 4.78 is 6.46. The van der Waals surface area contributed by atoms with Gasteiger partial charge in [-0.2, -0.15) is 0 Å². The molecule has 60 heavy (non-hydrogen) atoms. The Morgan fingerprint density at radius 1 is 0.283 bits per heavy atom. The van der Waals surface area contributed by atoms with Gasteiger partial charge in [-0.25, -0.2) is 15.0 Å². The lowest BCUT2D eigenvalue weighted by molar-refractivity contribution is 0.674. The van der Waals surface area contributed by atoms with Gasteiger partial charge in [-0.1, -0.05) is 136 Å². The van der Waals surface area contributed by atoms with Gasteiger partial charge in [0, 0.05) is 27.5 Å². The Labute approximate surface area is 362 Å². The first-order chi connectivity index (χ1) is 28.8. The van der Waals surface area contributed by atoms with Crippen molar-refractivity contribution < 1.29 is 4.42 Å². The summed E-state index contributed by atoms with van der Waals surface area (Å²) in [5.41, 5.74) is 6.51. The maximum Gasteiger partial charge on any atom is 0.164 e. The first kappa shape index (κ1) is 39.5. The fourth-order valence-corrected chi connectivity index (χ4v) is 7.67. The van der Waals surface area contributed by atoms with E-state index in [0.717, 1.165) is 33.4 Å². The minimum Gasteiger partial charge on any atom is -0.457 e. The lowest BCUT2D eigenvalue weighted by atomic mass is 9.57. The van der Waals surface area contributed by atoms with Crippen LogP contribution in [0.2, 0.25) is 0 Å². The Balaban J connectivity index is 1.28. The number of nitrogens with zero attached hydrogens (tertiary/aromatic N) is 3. The molecule has 0 atom stereocenters. The van der Waals surface area contributed by atoms with Gasteiger partial charge in [0.2, 0.25) is 0 Å². The molecule has 0 saturated carbocycles. The predicted octanol–water partition coefficient (Wildman–Crippen LogP) is -1.50. The number of rotatable bonds is 6. The van der Waals surface area contributed by atoms with E-state index < -0.39 is 0 Å². The second-order valence-corrected chi connectivity index (χ2v) is 14.4. The minimum atomic E-state index is -0.000280. The first-order valence-electron chi connectivity index (χ1n) is 18.6. The molecule has 9 aromatic rings. The highest BCUT2D eigenvalue weighted by molar-refractivity contribution is 6.71. The molecule has 0 spiro atoms. The van der Waals surface area contributed by atoms with Crippen LogP contribution in [0.4, 0.5) is 0 Å². The van der Waals surface area contributed by atoms with E-state index in [1.54, 1.807) is 0 Å². The van der Waals surface area contributed by atoms with Crippen molar-refractivity contribution in [3.8, 4) is 67.5 Å². The zero-order valence-electron chi connectivity index (χ0n) is 32.0. The third-order valence-corrected chi connectivity index (χ3v) is 10.9. The molecule has 0 N–H and O–H groups in total. The largest absolute Gasteiger partial charge is 0.457 e. The van der Waals surface area contributed by atoms with E-state index in [-0.39, 0.29) is 105 Å². The van der Waals surface area contributed by atoms with Gasteiger partial charge in [-0.15, -0.1) is 16.4 Å². The lowest BCUT2D eigenvalue weighted by Gasteiger charge is -2.25. The molecule has 0 saturated heterocycles. The van der Waals surface area contributed by atoms with Crippen LogP contribution in [0.15, 0.2) is 114 Å². The Hall–Kier alpha value is -5.94. The third kappa shape index (κ3) is 6.36. The number of hydrogen-bond donors (Lipinski definition) is 0. The SMILES string of the molecule is [B]c1c([B])c([B])c(-c2c([B])c([B])c3c(oc4c([B])c(-c5nc(-c6ccc(-c7ccccc7)cc6)nc(-c6cccc(-c7ccccc7)c6)n5)c([B])c([B])c43)c2[B])c([B])c1[B]. The van der Waals surface area contributed by atoms with Crippen molar-refractivity contribution in [3.63, 3.8) is 0 Å². The molecular weight excluding hydrogens is 717 g/mol. The van der Waals surface area contributed by atoms with Gasteiger partial charge in [0.25, 0.3) is 0 Å². The molecule has 2 aromatic heterocycles. The summed E-state index contributed by atoms with van der Waals surface area (Å²) in [5, 5.41) is 0.554. The van der Waals surface area contributed by atoms with E-state index in [0.29, 0.717) is 11.6 Å². The van der Waals surface area contributed by atoms with Crippen LogP contribution in [0.3, 0.4) is 0 Å². The van der Waals surface area contributed by atoms with Crippen LogP contribution in [0.25, 0.3) is 89.5 Å². The summed E-state index contributed by atoms with van der Waals surface area (Å²) in [4.78, 5) is 14.9. The van der Waals surface area contributed by atoms with Crippen LogP contribution >= 0.6 is 0 Å². The minimum absolute atomic E-state index is 0.000280. The Morgan fingerprint density at radius 2 is 0.650 bits per heavy atom. The molecule has 0 aliphatic rings. The highest BCUT2D eigenvalue weighted by atomic mass is 16.3. The van der Waals surface area contributed by atoms with Crippen LogP contribution in [0.5, 0.6) is 0 Å². The van der Waals surface area contributed by atoms with E-state index >= 15 is 0 Å². The van der Waals surface area contributed by atoms with Gasteiger partial charge in [-0.3, -0.25) is 0 Å². The lowest BCUT2D eigenvalue weighted by Crippen LogP contribution is -2.56. The fourth-order valence-electron chi connectivity index (χ4n) is 7.67. The van der Waals surface area contributed by atoms with Gasteiger partial charge in [0.1, 0.15) is 97.5 Å². The molecule has 9 rings (SSSR count). The maximum absolute atomic E-state index is 7.01. The maximum atomic E-state index is 7.01. The molecule has 2 heterocycles. The van der Waals surface area contributed by atoms with Crippen LogP contribution in [0, 0.1) is 0 Å². The fraction of sp³-hybridized carbons (Fsp3) is 0. The quantitative estimate of drug-likeness (QED) is 0.196. The van der Waals surface area contributed by atoms with E-state index in [9.17, 15) is 0 Å². The summed E-state index contributed by atoms with van der Waals surface area (Å²) in [7, 11) is 72.4. The van der Waals surface area contributed by atoms with Crippen LogP contribution in [-0.4, -0.2) is 101 Å². The molecule has 252 valence electrons. The molecule has 15 heteroatoms. The normalized spacial score (nSPS) is 11.4. The molecule has 22 radical (unpaired) electrons. The van der Waals surface area contributed by atoms with Crippen molar-refractivity contribution >= 4 is 168 Å². The predicted molar refractivity (Wildman–Crippen MR) is 259 cm³/mol. The number of benzene rings is 7. The second kappa shape index (κ2) is 15.3. The van der Waals surface area contributed by atoms with Gasteiger partial charge < -0.3 is 4.42 Å². The van der Waals surface area contributed by atoms with Crippen molar-refractivity contribution in [2.45, 2.75) is 0 Å². The molecule has 7 aromatic carbocycles. The second-order valence-electron chi connectivity index (χ2n) is 14.4. The molecule has 0 unspecified atom stereocenters. The van der Waals surface area contributed by atoms with Crippen LogP contribution in [-0.2, 0) is 0 Å². The molecule has 4 nitrogen and oxygen atoms in total. The van der Waals surface area contributed by atoms with Gasteiger partial charge in [-0.05, 0) is 50.4 Å². The molecular formula is C45H18B11N3O. The highest BCUT2D eigenvalue weighted by Crippen LogP contribution is 2.31. The molecule has 0 fully saturated rings. The van der Waals surface area contributed by atoms with Crippen LogP contribution in [0.1, 0.15) is 0 Å². The van der Waals surface area contributed by atoms with Crippen molar-refractivity contribution in [2.75, 3.05) is 0 Å². The number of fused-ring (bicyclic) bond motifs is 3. The summed E-state index contributed by atoms with van der Waals surface area (Å²) in [6.45, 7) is 0. The zero-order chi connectivity index (χ0) is 42.1. The van der Waals surface area contributed by atoms with Crippen molar-refractivity contribution in [2.24, 2.45) is 0 Å². The average molecular weight is 736 g/mol. The van der Waals surface area contributed by atoms with Crippen molar-refractivity contribution in [1.29, 1.82) is 0 Å². The zero-order valence-corrected chi connectivity index (χ0v) is 32.0. The smallest absolute Gasteiger partial charge is 0.164 e. The topological polar surface area (TPSA) is 51.8 Å². The summed E-state index contributed by atoms with van der Waals surface area (Å²) in [5.74, 6) is 0.876. The number of furan rings is 1. The first-order valence-corrected chi connectivity index (χ1v) is 18.6. The molecule has 0 bridgehead atoms. The number of hydrogen-bond acceptors (Lipinski definition) is 4. The summed E-state index contributed by atoms with van der Waals surface area (Å²) in [6, 6.07) is 35.9. The third-order valence-electron chi connectivity index (χ3n) is 10.9. The molecule has 0 amide bonds. The Bertz CT molecular complexity index is 3180. The van der Waals surface area contributed by atoms with E-state index in [1.165, 1.54) is 0 Å². The molecule has 0 aliphatic carbocycles.